The molecule has 1 aliphatic rings. The van der Waals surface area contributed by atoms with Crippen LogP contribution in [0.2, 0.25) is 0 Å². The fourth-order valence-electron chi connectivity index (χ4n) is 2.78. The normalized spacial score (nSPS) is 15.6. The number of aromatic nitrogens is 2. The number of morpholine rings is 1. The number of rotatable bonds is 6. The predicted molar refractivity (Wildman–Crippen MR) is 111 cm³/mol. The first-order valence-electron chi connectivity index (χ1n) is 8.79. The zero-order valence-corrected chi connectivity index (χ0v) is 17.5. The van der Waals surface area contributed by atoms with Crippen LogP contribution in [0.4, 0.5) is 0 Å². The molecule has 3 heterocycles. The zero-order valence-electron chi connectivity index (χ0n) is 15.0. The maximum atomic E-state index is 12.6. The van der Waals surface area contributed by atoms with Gasteiger partial charge in [0.25, 0.3) is 0 Å². The van der Waals surface area contributed by atoms with Crippen LogP contribution in [0.15, 0.2) is 64.0 Å². The highest BCUT2D eigenvalue weighted by Crippen LogP contribution is 2.27. The van der Waals surface area contributed by atoms with E-state index in [1.807, 2.05) is 35.7 Å². The van der Waals surface area contributed by atoms with Crippen LogP contribution in [0.3, 0.4) is 0 Å². The topological polar surface area (TPSA) is 72.4 Å². The third kappa shape index (κ3) is 4.44. The molecule has 9 heteroatoms. The lowest BCUT2D eigenvalue weighted by Gasteiger charge is -2.25. The van der Waals surface area contributed by atoms with Gasteiger partial charge < -0.3 is 4.74 Å². The van der Waals surface area contributed by atoms with Gasteiger partial charge in [0.05, 0.1) is 23.9 Å². The quantitative estimate of drug-likeness (QED) is 0.554. The second-order valence-electron chi connectivity index (χ2n) is 6.15. The number of benzene rings is 1. The molecule has 2 aromatic heterocycles. The minimum absolute atomic E-state index is 0.221. The van der Waals surface area contributed by atoms with Gasteiger partial charge in [-0.05, 0) is 12.1 Å². The molecule has 0 aliphatic carbocycles. The van der Waals surface area contributed by atoms with Crippen LogP contribution in [-0.2, 0) is 20.5 Å². The van der Waals surface area contributed by atoms with Gasteiger partial charge in [-0.2, -0.15) is 4.31 Å². The third-order valence-corrected chi connectivity index (χ3v) is 8.06. The summed E-state index contributed by atoms with van der Waals surface area (Å²) in [4.78, 5) is 9.21. The van der Waals surface area contributed by atoms with Crippen LogP contribution < -0.4 is 0 Å². The summed E-state index contributed by atoms with van der Waals surface area (Å²) in [5.41, 5.74) is 2.10. The molecule has 0 unspecified atom stereocenters. The summed E-state index contributed by atoms with van der Waals surface area (Å²) in [7, 11) is -3.50. The lowest BCUT2D eigenvalue weighted by atomic mass is 10.2. The van der Waals surface area contributed by atoms with Gasteiger partial charge in [0.2, 0.25) is 10.0 Å². The zero-order chi connectivity index (χ0) is 19.4. The highest BCUT2D eigenvalue weighted by Gasteiger charge is 2.26. The molecule has 0 atom stereocenters. The Bertz CT molecular complexity index is 1020. The molecular formula is C19H19N3O3S3. The van der Waals surface area contributed by atoms with Crippen molar-refractivity contribution < 1.29 is 13.2 Å². The average molecular weight is 434 g/mol. The van der Waals surface area contributed by atoms with Gasteiger partial charge in [0.1, 0.15) is 9.90 Å². The Kier molecular flexibility index (Phi) is 6.07. The monoisotopic (exact) mass is 433 g/mol. The number of thiazole rings is 1. The first-order valence-corrected chi connectivity index (χ1v) is 12.1. The molecule has 6 nitrogen and oxygen atoms in total. The highest BCUT2D eigenvalue weighted by molar-refractivity contribution is 7.98. The Morgan fingerprint density at radius 2 is 1.89 bits per heavy atom. The molecule has 146 valence electrons. The molecule has 28 heavy (non-hydrogen) atoms. The first-order chi connectivity index (χ1) is 13.6. The molecule has 1 aromatic carbocycles. The smallest absolute Gasteiger partial charge is 0.244 e. The largest absolute Gasteiger partial charge is 0.379 e. The number of hydrogen-bond donors (Lipinski definition) is 0. The van der Waals surface area contributed by atoms with E-state index in [2.05, 4.69) is 9.97 Å². The minimum atomic E-state index is -3.50. The summed E-state index contributed by atoms with van der Waals surface area (Å²) in [6.45, 7) is 1.62. The number of sulfonamides is 1. The maximum absolute atomic E-state index is 12.6. The van der Waals surface area contributed by atoms with Crippen molar-refractivity contribution in [1.29, 1.82) is 0 Å². The van der Waals surface area contributed by atoms with Crippen molar-refractivity contribution in [2.45, 2.75) is 15.7 Å². The number of hydrogen-bond acceptors (Lipinski definition) is 7. The van der Waals surface area contributed by atoms with Gasteiger partial charge in [-0.15, -0.1) is 23.1 Å². The summed E-state index contributed by atoms with van der Waals surface area (Å²) in [6.07, 6.45) is 1.43. The Balaban J connectivity index is 1.39. The summed E-state index contributed by atoms with van der Waals surface area (Å²) in [5.74, 6) is 0.686. The van der Waals surface area contributed by atoms with Crippen LogP contribution in [0, 0.1) is 0 Å². The van der Waals surface area contributed by atoms with E-state index < -0.39 is 10.0 Å². The molecule has 1 aliphatic heterocycles. The fraction of sp³-hybridized carbons (Fsp3) is 0.263. The third-order valence-electron chi connectivity index (χ3n) is 4.26. The average Bonchev–Trinajstić information content (AvgIpc) is 3.23. The standard InChI is InChI=1S/C19H19N3O3S3/c23-28(24,22-8-10-25-11-9-22)17-6-7-18(20-12-17)26-13-16-14-27-19(21-16)15-4-2-1-3-5-15/h1-7,12,14H,8-11,13H2. The van der Waals surface area contributed by atoms with Crippen LogP contribution in [0.1, 0.15) is 5.69 Å². The number of pyridine rings is 1. The van der Waals surface area contributed by atoms with E-state index in [-0.39, 0.29) is 4.90 Å². The van der Waals surface area contributed by atoms with Gasteiger partial charge in [0, 0.05) is 36.0 Å². The molecule has 3 aromatic rings. The molecule has 0 radical (unpaired) electrons. The van der Waals surface area contributed by atoms with Crippen molar-refractivity contribution in [2.75, 3.05) is 26.3 Å². The Labute approximate surface area is 172 Å². The maximum Gasteiger partial charge on any atom is 0.244 e. The lowest BCUT2D eigenvalue weighted by molar-refractivity contribution is 0.0730. The van der Waals surface area contributed by atoms with Crippen LogP contribution in [-0.4, -0.2) is 49.0 Å². The fourth-order valence-corrected chi connectivity index (χ4v) is 5.80. The van der Waals surface area contributed by atoms with Crippen molar-refractivity contribution in [2.24, 2.45) is 0 Å². The Morgan fingerprint density at radius 1 is 1.11 bits per heavy atom. The second kappa shape index (κ2) is 8.71. The van der Waals surface area contributed by atoms with Crippen LogP contribution in [0.5, 0.6) is 0 Å². The summed E-state index contributed by atoms with van der Waals surface area (Å²) < 4.78 is 31.9. The van der Waals surface area contributed by atoms with Crippen LogP contribution >= 0.6 is 23.1 Å². The molecule has 0 bridgehead atoms. The van der Waals surface area contributed by atoms with Gasteiger partial charge >= 0.3 is 0 Å². The number of thioether (sulfide) groups is 1. The van der Waals surface area contributed by atoms with Crippen LogP contribution in [0.25, 0.3) is 10.6 Å². The minimum Gasteiger partial charge on any atom is -0.379 e. The van der Waals surface area contributed by atoms with Crippen molar-refractivity contribution in [3.05, 3.63) is 59.7 Å². The Hall–Kier alpha value is -1.78. The van der Waals surface area contributed by atoms with E-state index in [9.17, 15) is 8.42 Å². The second-order valence-corrected chi connectivity index (χ2v) is 9.94. The van der Waals surface area contributed by atoms with Crippen molar-refractivity contribution in [1.82, 2.24) is 14.3 Å². The highest BCUT2D eigenvalue weighted by atomic mass is 32.2. The number of ether oxygens (including phenoxy) is 1. The van der Waals surface area contributed by atoms with Crippen molar-refractivity contribution in [3.63, 3.8) is 0 Å². The molecule has 1 saturated heterocycles. The summed E-state index contributed by atoms with van der Waals surface area (Å²) in [5, 5.41) is 3.82. The molecule has 0 saturated carbocycles. The number of nitrogens with zero attached hydrogens (tertiary/aromatic N) is 3. The molecule has 1 fully saturated rings. The van der Waals surface area contributed by atoms with E-state index in [4.69, 9.17) is 4.74 Å². The summed E-state index contributed by atoms with van der Waals surface area (Å²) >= 11 is 3.16. The molecular weight excluding hydrogens is 414 g/mol. The van der Waals surface area contributed by atoms with E-state index in [0.717, 1.165) is 21.3 Å². The van der Waals surface area contributed by atoms with Gasteiger partial charge in [-0.25, -0.2) is 18.4 Å². The summed E-state index contributed by atoms with van der Waals surface area (Å²) in [6, 6.07) is 13.5. The SMILES string of the molecule is O=S(=O)(c1ccc(SCc2csc(-c3ccccc3)n2)nc1)N1CCOCC1. The first kappa shape index (κ1) is 19.5. The predicted octanol–water partition coefficient (Wildman–Crippen LogP) is 3.52. The molecule has 4 rings (SSSR count). The van der Waals surface area contributed by atoms with Gasteiger partial charge in [-0.1, -0.05) is 30.3 Å². The van der Waals surface area contributed by atoms with Crippen molar-refractivity contribution in [3.8, 4) is 10.6 Å². The van der Waals surface area contributed by atoms with E-state index >= 15 is 0 Å². The van der Waals surface area contributed by atoms with Gasteiger partial charge in [-0.3, -0.25) is 0 Å². The molecule has 0 amide bonds. The Morgan fingerprint density at radius 3 is 2.61 bits per heavy atom. The van der Waals surface area contributed by atoms with Gasteiger partial charge in [0.15, 0.2) is 0 Å². The lowest BCUT2D eigenvalue weighted by Crippen LogP contribution is -2.40. The van der Waals surface area contributed by atoms with Crippen molar-refractivity contribution >= 4 is 33.1 Å². The molecule has 0 spiro atoms. The molecule has 0 N–H and O–H groups in total. The van der Waals surface area contributed by atoms with E-state index in [1.165, 1.54) is 10.5 Å². The van der Waals surface area contributed by atoms with E-state index in [0.29, 0.717) is 32.1 Å². The van der Waals surface area contributed by atoms with E-state index in [1.54, 1.807) is 35.2 Å².